The highest BCUT2D eigenvalue weighted by molar-refractivity contribution is 9.10. The number of carboxylic acids is 1. The fourth-order valence-corrected chi connectivity index (χ4v) is 2.15. The molecular formula is C12H14BrNO3. The molecule has 0 bridgehead atoms. The lowest BCUT2D eigenvalue weighted by Crippen LogP contribution is -2.50. The lowest BCUT2D eigenvalue weighted by Gasteiger charge is -2.29. The molecule has 1 aromatic rings. The van der Waals surface area contributed by atoms with Gasteiger partial charge in [-0.3, -0.25) is 4.79 Å². The van der Waals surface area contributed by atoms with E-state index in [-0.39, 0.29) is 12.3 Å². The Hall–Kier alpha value is -1.36. The molecule has 0 aliphatic carbocycles. The Morgan fingerprint density at radius 2 is 2.12 bits per heavy atom. The van der Waals surface area contributed by atoms with Gasteiger partial charge in [0.1, 0.15) is 0 Å². The molecule has 17 heavy (non-hydrogen) atoms. The van der Waals surface area contributed by atoms with Crippen molar-refractivity contribution in [2.24, 2.45) is 0 Å². The molecule has 0 saturated heterocycles. The highest BCUT2D eigenvalue weighted by Crippen LogP contribution is 2.27. The summed E-state index contributed by atoms with van der Waals surface area (Å²) >= 11 is 3.29. The summed E-state index contributed by atoms with van der Waals surface area (Å²) in [7, 11) is 0. The van der Waals surface area contributed by atoms with E-state index < -0.39 is 11.5 Å². The first kappa shape index (κ1) is 13.7. The molecule has 2 N–H and O–H groups in total. The van der Waals surface area contributed by atoms with E-state index in [1.54, 1.807) is 31.2 Å². The van der Waals surface area contributed by atoms with E-state index in [0.29, 0.717) is 5.56 Å². The summed E-state index contributed by atoms with van der Waals surface area (Å²) in [6.07, 6.45) is 0.276. The van der Waals surface area contributed by atoms with Gasteiger partial charge in [-0.2, -0.15) is 0 Å². The normalized spacial score (nSPS) is 13.8. The van der Waals surface area contributed by atoms with Gasteiger partial charge in [-0.25, -0.2) is 4.79 Å². The summed E-state index contributed by atoms with van der Waals surface area (Å²) < 4.78 is 0.777. The topological polar surface area (TPSA) is 66.4 Å². The van der Waals surface area contributed by atoms with Gasteiger partial charge < -0.3 is 10.4 Å². The molecule has 1 amide bonds. The summed E-state index contributed by atoms with van der Waals surface area (Å²) in [6.45, 7) is 3.04. The maximum atomic E-state index is 11.5. The maximum absolute atomic E-state index is 11.5. The van der Waals surface area contributed by atoms with E-state index in [1.807, 2.05) is 0 Å². The minimum absolute atomic E-state index is 0.276. The summed E-state index contributed by atoms with van der Waals surface area (Å²) in [6, 6.07) is 6.94. The Morgan fingerprint density at radius 3 is 2.53 bits per heavy atom. The second kappa shape index (κ2) is 5.31. The number of hydrogen-bond acceptors (Lipinski definition) is 2. The van der Waals surface area contributed by atoms with Crippen LogP contribution in [-0.4, -0.2) is 17.0 Å². The van der Waals surface area contributed by atoms with E-state index in [4.69, 9.17) is 0 Å². The average molecular weight is 300 g/mol. The molecule has 0 aliphatic rings. The highest BCUT2D eigenvalue weighted by atomic mass is 79.9. The zero-order valence-corrected chi connectivity index (χ0v) is 11.2. The number of halogens is 1. The van der Waals surface area contributed by atoms with Crippen LogP contribution < -0.4 is 5.32 Å². The van der Waals surface area contributed by atoms with Gasteiger partial charge in [0.15, 0.2) is 5.54 Å². The molecule has 0 aromatic heterocycles. The first-order chi connectivity index (χ1) is 7.92. The average Bonchev–Trinajstić information content (AvgIpc) is 2.25. The minimum atomic E-state index is -1.37. The first-order valence-corrected chi connectivity index (χ1v) is 6.00. The molecule has 1 unspecified atom stereocenters. The summed E-state index contributed by atoms with van der Waals surface area (Å²) in [5, 5.41) is 11.9. The lowest BCUT2D eigenvalue weighted by molar-refractivity contribution is -0.148. The van der Waals surface area contributed by atoms with Gasteiger partial charge in [0.2, 0.25) is 5.91 Å². The third kappa shape index (κ3) is 2.85. The molecule has 92 valence electrons. The number of carboxylic acid groups (broad SMARTS) is 1. The molecule has 0 spiro atoms. The second-order valence-electron chi connectivity index (χ2n) is 3.76. The van der Waals surface area contributed by atoms with Crippen molar-refractivity contribution in [1.29, 1.82) is 0 Å². The number of nitrogens with one attached hydrogen (secondary N) is 1. The maximum Gasteiger partial charge on any atom is 0.334 e. The van der Waals surface area contributed by atoms with Crippen molar-refractivity contribution in [3.63, 3.8) is 0 Å². The number of aliphatic carboxylic acids is 1. The number of rotatable bonds is 4. The molecule has 4 nitrogen and oxygen atoms in total. The highest BCUT2D eigenvalue weighted by Gasteiger charge is 2.39. The number of amides is 1. The minimum Gasteiger partial charge on any atom is -0.479 e. The van der Waals surface area contributed by atoms with Crippen LogP contribution >= 0.6 is 15.9 Å². The Balaban J connectivity index is 3.31. The number of benzene rings is 1. The third-order valence-corrected chi connectivity index (χ3v) is 3.10. The van der Waals surface area contributed by atoms with Crippen LogP contribution in [0.4, 0.5) is 0 Å². The molecule has 0 heterocycles. The number of carbonyl (C=O) groups excluding carboxylic acids is 1. The Bertz CT molecular complexity index is 447. The second-order valence-corrected chi connectivity index (χ2v) is 4.67. The smallest absolute Gasteiger partial charge is 0.334 e. The SMILES string of the molecule is CCC(NC(C)=O)(C(=O)O)c1cccc(Br)c1. The van der Waals surface area contributed by atoms with Crippen molar-refractivity contribution in [1.82, 2.24) is 5.32 Å². The molecular weight excluding hydrogens is 286 g/mol. The summed E-state index contributed by atoms with van der Waals surface area (Å²) in [5.41, 5.74) is -0.813. The van der Waals surface area contributed by atoms with E-state index in [9.17, 15) is 14.7 Å². The van der Waals surface area contributed by atoms with Gasteiger partial charge in [0.25, 0.3) is 0 Å². The van der Waals surface area contributed by atoms with E-state index >= 15 is 0 Å². The van der Waals surface area contributed by atoms with Crippen LogP contribution in [0.1, 0.15) is 25.8 Å². The molecule has 0 saturated carbocycles. The van der Waals surface area contributed by atoms with Crippen LogP contribution in [0.5, 0.6) is 0 Å². The molecule has 1 aromatic carbocycles. The van der Waals surface area contributed by atoms with Crippen molar-refractivity contribution >= 4 is 27.8 Å². The van der Waals surface area contributed by atoms with Crippen molar-refractivity contribution in [3.8, 4) is 0 Å². The van der Waals surface area contributed by atoms with Crippen molar-refractivity contribution < 1.29 is 14.7 Å². The third-order valence-electron chi connectivity index (χ3n) is 2.60. The molecule has 1 atom stereocenters. The van der Waals surface area contributed by atoms with E-state index in [0.717, 1.165) is 4.47 Å². The number of carbonyl (C=O) groups is 2. The summed E-state index contributed by atoms with van der Waals surface area (Å²) in [4.78, 5) is 22.7. The molecule has 0 radical (unpaired) electrons. The molecule has 0 aliphatic heterocycles. The zero-order chi connectivity index (χ0) is 13.1. The van der Waals surface area contributed by atoms with Gasteiger partial charge in [0, 0.05) is 11.4 Å². The predicted molar refractivity (Wildman–Crippen MR) is 67.6 cm³/mol. The van der Waals surface area contributed by atoms with Gasteiger partial charge in [-0.15, -0.1) is 0 Å². The van der Waals surface area contributed by atoms with Crippen LogP contribution in [0.25, 0.3) is 0 Å². The Labute approximate surface area is 108 Å². The van der Waals surface area contributed by atoms with Crippen LogP contribution in [0.2, 0.25) is 0 Å². The van der Waals surface area contributed by atoms with Gasteiger partial charge >= 0.3 is 5.97 Å². The summed E-state index contributed by atoms with van der Waals surface area (Å²) in [5.74, 6) is -1.43. The largest absolute Gasteiger partial charge is 0.479 e. The van der Waals surface area contributed by atoms with Crippen molar-refractivity contribution in [3.05, 3.63) is 34.3 Å². The first-order valence-electron chi connectivity index (χ1n) is 5.20. The van der Waals surface area contributed by atoms with Crippen molar-refractivity contribution in [2.45, 2.75) is 25.8 Å². The Kier molecular flexibility index (Phi) is 4.28. The van der Waals surface area contributed by atoms with E-state index in [1.165, 1.54) is 6.92 Å². The quantitative estimate of drug-likeness (QED) is 0.896. The van der Waals surface area contributed by atoms with Crippen LogP contribution in [-0.2, 0) is 15.1 Å². The monoisotopic (exact) mass is 299 g/mol. The zero-order valence-electron chi connectivity index (χ0n) is 9.66. The van der Waals surface area contributed by atoms with Crippen LogP contribution in [0.15, 0.2) is 28.7 Å². The van der Waals surface area contributed by atoms with Gasteiger partial charge in [-0.05, 0) is 24.1 Å². The Morgan fingerprint density at radius 1 is 1.47 bits per heavy atom. The lowest BCUT2D eigenvalue weighted by atomic mass is 9.87. The predicted octanol–water partition coefficient (Wildman–Crippen LogP) is 2.28. The molecule has 0 fully saturated rings. The van der Waals surface area contributed by atoms with Crippen LogP contribution in [0.3, 0.4) is 0 Å². The molecule has 5 heteroatoms. The van der Waals surface area contributed by atoms with Crippen molar-refractivity contribution in [2.75, 3.05) is 0 Å². The van der Waals surface area contributed by atoms with Gasteiger partial charge in [0.05, 0.1) is 0 Å². The number of hydrogen-bond donors (Lipinski definition) is 2. The fraction of sp³-hybridized carbons (Fsp3) is 0.333. The molecule has 1 rings (SSSR count). The fourth-order valence-electron chi connectivity index (χ4n) is 1.75. The standard InChI is InChI=1S/C12H14BrNO3/c1-3-12(11(16)17,14-8(2)15)9-5-4-6-10(13)7-9/h4-7H,3H2,1-2H3,(H,14,15)(H,16,17). The van der Waals surface area contributed by atoms with Crippen LogP contribution in [0, 0.1) is 0 Å². The van der Waals surface area contributed by atoms with E-state index in [2.05, 4.69) is 21.2 Å². The van der Waals surface area contributed by atoms with Gasteiger partial charge in [-0.1, -0.05) is 35.0 Å².